The van der Waals surface area contributed by atoms with Crippen LogP contribution in [-0.4, -0.2) is 45.6 Å². The fourth-order valence-electron chi connectivity index (χ4n) is 1.38. The highest BCUT2D eigenvalue weighted by Gasteiger charge is 2.35. The molecule has 0 unspecified atom stereocenters. The first-order valence-electron chi connectivity index (χ1n) is 5.41. The van der Waals surface area contributed by atoms with Gasteiger partial charge < -0.3 is 9.94 Å². The second-order valence-electron chi connectivity index (χ2n) is 4.23. The van der Waals surface area contributed by atoms with Crippen molar-refractivity contribution in [3.63, 3.8) is 0 Å². The van der Waals surface area contributed by atoms with Crippen LogP contribution in [0.3, 0.4) is 0 Å². The summed E-state index contributed by atoms with van der Waals surface area (Å²) < 4.78 is 0. The summed E-state index contributed by atoms with van der Waals surface area (Å²) in [6.45, 7) is 3.36. The van der Waals surface area contributed by atoms with Crippen molar-refractivity contribution in [3.05, 3.63) is 0 Å². The van der Waals surface area contributed by atoms with Crippen LogP contribution in [0.15, 0.2) is 0 Å². The standard InChI is InChI=1S/C10H14N2O6/c1-6(2)5-11(9(15)16)10(17)18-12-7(13)3-4-8(12)14/h6H,3-5H2,1-2H3,(H,15,16). The molecule has 100 valence electrons. The van der Waals surface area contributed by atoms with Crippen molar-refractivity contribution in [2.75, 3.05) is 6.54 Å². The Morgan fingerprint density at radius 2 is 1.83 bits per heavy atom. The molecule has 0 spiro atoms. The summed E-state index contributed by atoms with van der Waals surface area (Å²) in [5.41, 5.74) is 0. The van der Waals surface area contributed by atoms with Crippen molar-refractivity contribution in [1.82, 2.24) is 9.96 Å². The molecule has 8 heteroatoms. The van der Waals surface area contributed by atoms with E-state index >= 15 is 0 Å². The minimum atomic E-state index is -1.49. The van der Waals surface area contributed by atoms with E-state index in [0.717, 1.165) is 0 Å². The molecule has 1 saturated heterocycles. The lowest BCUT2D eigenvalue weighted by Crippen LogP contribution is -2.43. The molecule has 8 nitrogen and oxygen atoms in total. The molecule has 0 radical (unpaired) electrons. The molecule has 1 heterocycles. The highest BCUT2D eigenvalue weighted by Crippen LogP contribution is 2.13. The number of carbonyl (C=O) groups is 4. The normalized spacial score (nSPS) is 15.2. The zero-order valence-electron chi connectivity index (χ0n) is 10.1. The number of nitrogens with zero attached hydrogens (tertiary/aromatic N) is 2. The van der Waals surface area contributed by atoms with Crippen LogP contribution in [0.5, 0.6) is 0 Å². The van der Waals surface area contributed by atoms with Gasteiger partial charge in [-0.1, -0.05) is 13.8 Å². The zero-order valence-corrected chi connectivity index (χ0v) is 10.1. The van der Waals surface area contributed by atoms with Crippen molar-refractivity contribution >= 4 is 24.0 Å². The Bertz CT molecular complexity index is 376. The maximum Gasteiger partial charge on any atom is 0.444 e. The van der Waals surface area contributed by atoms with Crippen molar-refractivity contribution in [2.24, 2.45) is 5.92 Å². The van der Waals surface area contributed by atoms with Gasteiger partial charge in [0, 0.05) is 19.4 Å². The lowest BCUT2D eigenvalue weighted by molar-refractivity contribution is -0.173. The highest BCUT2D eigenvalue weighted by molar-refractivity contribution is 6.02. The third kappa shape index (κ3) is 3.19. The van der Waals surface area contributed by atoms with Crippen molar-refractivity contribution in [1.29, 1.82) is 0 Å². The second-order valence-corrected chi connectivity index (χ2v) is 4.23. The van der Waals surface area contributed by atoms with Crippen LogP contribution in [0.4, 0.5) is 9.59 Å². The van der Waals surface area contributed by atoms with Crippen LogP contribution in [0.1, 0.15) is 26.7 Å². The summed E-state index contributed by atoms with van der Waals surface area (Å²) >= 11 is 0. The average molecular weight is 258 g/mol. The van der Waals surface area contributed by atoms with E-state index in [1.165, 1.54) is 0 Å². The largest absolute Gasteiger partial charge is 0.465 e. The van der Waals surface area contributed by atoms with Crippen LogP contribution in [-0.2, 0) is 14.4 Å². The van der Waals surface area contributed by atoms with Crippen LogP contribution in [0, 0.1) is 5.92 Å². The molecular weight excluding hydrogens is 244 g/mol. The van der Waals surface area contributed by atoms with Gasteiger partial charge in [0.1, 0.15) is 0 Å². The van der Waals surface area contributed by atoms with Gasteiger partial charge in [-0.25, -0.2) is 14.5 Å². The molecule has 1 aliphatic heterocycles. The van der Waals surface area contributed by atoms with Crippen molar-refractivity contribution in [3.8, 4) is 0 Å². The SMILES string of the molecule is CC(C)CN(C(=O)O)C(=O)ON1C(=O)CCC1=O. The molecule has 4 amide bonds. The molecule has 0 aromatic carbocycles. The maximum atomic E-state index is 11.5. The minimum Gasteiger partial charge on any atom is -0.465 e. The number of rotatable bonds is 3. The molecule has 1 N–H and O–H groups in total. The number of carboxylic acid groups (broad SMARTS) is 1. The fraction of sp³-hybridized carbons (Fsp3) is 0.600. The maximum absolute atomic E-state index is 11.5. The Balaban J connectivity index is 2.69. The first kappa shape index (κ1) is 13.9. The van der Waals surface area contributed by atoms with E-state index in [9.17, 15) is 19.2 Å². The van der Waals surface area contributed by atoms with Gasteiger partial charge in [-0.3, -0.25) is 9.59 Å². The van der Waals surface area contributed by atoms with E-state index < -0.39 is 24.0 Å². The lowest BCUT2D eigenvalue weighted by atomic mass is 10.2. The van der Waals surface area contributed by atoms with E-state index in [0.29, 0.717) is 9.96 Å². The molecule has 0 bridgehead atoms. The van der Waals surface area contributed by atoms with E-state index in [-0.39, 0.29) is 25.3 Å². The monoisotopic (exact) mass is 258 g/mol. The third-order valence-electron chi connectivity index (χ3n) is 2.17. The Labute approximate surface area is 103 Å². The second kappa shape index (κ2) is 5.48. The molecule has 0 aliphatic carbocycles. The van der Waals surface area contributed by atoms with E-state index in [4.69, 9.17) is 5.11 Å². The summed E-state index contributed by atoms with van der Waals surface area (Å²) in [6, 6.07) is 0. The number of hydrogen-bond donors (Lipinski definition) is 1. The number of imide groups is 2. The minimum absolute atomic E-state index is 0.0383. The Kier molecular flexibility index (Phi) is 4.24. The number of carbonyl (C=O) groups excluding carboxylic acids is 3. The molecule has 0 aromatic heterocycles. The molecule has 1 aliphatic rings. The van der Waals surface area contributed by atoms with Gasteiger partial charge in [-0.15, -0.1) is 5.06 Å². The van der Waals surface area contributed by atoms with Crippen LogP contribution < -0.4 is 0 Å². The summed E-state index contributed by atoms with van der Waals surface area (Å²) in [4.78, 5) is 49.7. The smallest absolute Gasteiger partial charge is 0.444 e. The van der Waals surface area contributed by atoms with Gasteiger partial charge in [-0.05, 0) is 5.92 Å². The van der Waals surface area contributed by atoms with E-state index in [2.05, 4.69) is 4.84 Å². The average Bonchev–Trinajstić information content (AvgIpc) is 2.56. The summed E-state index contributed by atoms with van der Waals surface area (Å²) in [7, 11) is 0. The quantitative estimate of drug-likeness (QED) is 0.751. The van der Waals surface area contributed by atoms with E-state index in [1.54, 1.807) is 13.8 Å². The first-order valence-corrected chi connectivity index (χ1v) is 5.41. The molecule has 18 heavy (non-hydrogen) atoms. The first-order chi connectivity index (χ1) is 8.32. The molecular formula is C10H14N2O6. The zero-order chi connectivity index (χ0) is 13.9. The molecule has 0 saturated carbocycles. The predicted molar refractivity (Wildman–Crippen MR) is 57.1 cm³/mol. The van der Waals surface area contributed by atoms with E-state index in [1.807, 2.05) is 0 Å². The van der Waals surface area contributed by atoms with Gasteiger partial charge in [0.2, 0.25) is 0 Å². The van der Waals surface area contributed by atoms with Gasteiger partial charge in [0.15, 0.2) is 0 Å². The molecule has 1 fully saturated rings. The number of hydroxylamine groups is 2. The van der Waals surface area contributed by atoms with Crippen molar-refractivity contribution in [2.45, 2.75) is 26.7 Å². The highest BCUT2D eigenvalue weighted by atomic mass is 16.7. The predicted octanol–water partition coefficient (Wildman–Crippen LogP) is 0.823. The molecule has 0 aromatic rings. The summed E-state index contributed by atoms with van der Waals surface area (Å²) in [5, 5.41) is 9.15. The van der Waals surface area contributed by atoms with Crippen LogP contribution >= 0.6 is 0 Å². The van der Waals surface area contributed by atoms with Crippen LogP contribution in [0.25, 0.3) is 0 Å². The Morgan fingerprint density at radius 3 is 2.22 bits per heavy atom. The molecule has 1 rings (SSSR count). The fourth-order valence-corrected chi connectivity index (χ4v) is 1.38. The topological polar surface area (TPSA) is 104 Å². The Hall–Kier alpha value is -2.12. The number of hydrogen-bond acceptors (Lipinski definition) is 5. The van der Waals surface area contributed by atoms with Gasteiger partial charge in [0.25, 0.3) is 11.8 Å². The van der Waals surface area contributed by atoms with Gasteiger partial charge >= 0.3 is 12.2 Å². The lowest BCUT2D eigenvalue weighted by Gasteiger charge is -2.20. The van der Waals surface area contributed by atoms with Crippen LogP contribution in [0.2, 0.25) is 0 Å². The van der Waals surface area contributed by atoms with Gasteiger partial charge in [-0.2, -0.15) is 0 Å². The van der Waals surface area contributed by atoms with Crippen molar-refractivity contribution < 1.29 is 29.1 Å². The molecule has 0 atom stereocenters. The summed E-state index contributed by atoms with van der Waals surface area (Å²) in [6.07, 6.45) is -2.82. The summed E-state index contributed by atoms with van der Waals surface area (Å²) in [5.74, 6) is -1.40. The number of amides is 4. The third-order valence-corrected chi connectivity index (χ3v) is 2.17. The Morgan fingerprint density at radius 1 is 1.33 bits per heavy atom. The van der Waals surface area contributed by atoms with Gasteiger partial charge in [0.05, 0.1) is 0 Å².